The van der Waals surface area contributed by atoms with Gasteiger partial charge in [-0.25, -0.2) is 0 Å². The Kier molecular flexibility index (Phi) is 4.88. The molecule has 0 aromatic carbocycles. The zero-order valence-corrected chi connectivity index (χ0v) is 17.6. The summed E-state index contributed by atoms with van der Waals surface area (Å²) in [6.45, 7) is 4.35. The van der Waals surface area contributed by atoms with E-state index in [-0.39, 0.29) is 36.4 Å². The van der Waals surface area contributed by atoms with E-state index in [1.807, 2.05) is 13.0 Å². The number of carbonyl (C=O) groups is 3. The smallest absolute Gasteiger partial charge is 0.303 e. The molecule has 4 aliphatic carbocycles. The molecule has 4 aliphatic rings. The Balaban J connectivity index is 1.71. The van der Waals surface area contributed by atoms with Crippen molar-refractivity contribution in [1.29, 1.82) is 0 Å². The van der Waals surface area contributed by atoms with E-state index in [4.69, 9.17) is 4.74 Å². The Labute approximate surface area is 175 Å². The fraction of sp³-hybridized carbons (Fsp3) is 0.696. The molecule has 3 N–H and O–H groups in total. The fourth-order valence-corrected chi connectivity index (χ4v) is 7.03. The molecule has 0 spiro atoms. The highest BCUT2D eigenvalue weighted by Gasteiger charge is 2.71. The van der Waals surface area contributed by atoms with E-state index in [2.05, 4.69) is 6.08 Å². The second kappa shape index (κ2) is 6.84. The number of hydrogen-bond donors (Lipinski definition) is 3. The molecule has 0 radical (unpaired) electrons. The molecule has 7 nitrogen and oxygen atoms in total. The highest BCUT2D eigenvalue weighted by Crippen LogP contribution is 2.66. The summed E-state index contributed by atoms with van der Waals surface area (Å²) in [4.78, 5) is 36.0. The Morgan fingerprint density at radius 2 is 1.97 bits per heavy atom. The molecule has 0 saturated heterocycles. The first-order valence-corrected chi connectivity index (χ1v) is 10.6. The van der Waals surface area contributed by atoms with E-state index >= 15 is 0 Å². The molecular formula is C23H30O7. The summed E-state index contributed by atoms with van der Waals surface area (Å²) in [7, 11) is 0. The van der Waals surface area contributed by atoms with Crippen molar-refractivity contribution in [2.45, 2.75) is 64.3 Å². The van der Waals surface area contributed by atoms with Gasteiger partial charge in [-0.05, 0) is 37.2 Å². The number of ether oxygens (including phenoxy) is 1. The van der Waals surface area contributed by atoms with Crippen LogP contribution in [0.1, 0.15) is 46.5 Å². The molecule has 3 unspecified atom stereocenters. The molecule has 30 heavy (non-hydrogen) atoms. The first kappa shape index (κ1) is 21.4. The number of aliphatic hydroxyl groups is 3. The van der Waals surface area contributed by atoms with E-state index in [0.29, 0.717) is 12.8 Å². The zero-order chi connectivity index (χ0) is 22.1. The van der Waals surface area contributed by atoms with Gasteiger partial charge in [-0.1, -0.05) is 31.6 Å². The minimum atomic E-state index is -2.09. The lowest BCUT2D eigenvalue weighted by Gasteiger charge is -2.58. The topological polar surface area (TPSA) is 121 Å². The fourth-order valence-electron chi connectivity index (χ4n) is 7.03. The minimum absolute atomic E-state index is 0.0500. The lowest BCUT2D eigenvalue weighted by atomic mass is 9.47. The van der Waals surface area contributed by atoms with Gasteiger partial charge < -0.3 is 20.1 Å². The van der Waals surface area contributed by atoms with Crippen LogP contribution in [0, 0.1) is 28.6 Å². The third kappa shape index (κ3) is 2.71. The average molecular weight is 418 g/mol. The summed E-state index contributed by atoms with van der Waals surface area (Å²) in [5, 5.41) is 33.5. The van der Waals surface area contributed by atoms with Crippen LogP contribution in [0.2, 0.25) is 0 Å². The van der Waals surface area contributed by atoms with Crippen LogP contribution in [-0.2, 0) is 19.1 Å². The van der Waals surface area contributed by atoms with E-state index in [1.54, 1.807) is 13.0 Å². The number of hydrogen-bond acceptors (Lipinski definition) is 7. The average Bonchev–Trinajstić information content (AvgIpc) is 2.87. The van der Waals surface area contributed by atoms with E-state index in [1.165, 1.54) is 6.92 Å². The van der Waals surface area contributed by atoms with Crippen LogP contribution in [0.4, 0.5) is 0 Å². The number of aliphatic hydroxyl groups excluding tert-OH is 2. The van der Waals surface area contributed by atoms with Crippen LogP contribution < -0.4 is 0 Å². The van der Waals surface area contributed by atoms with Gasteiger partial charge in [0, 0.05) is 30.1 Å². The molecule has 0 aromatic rings. The van der Waals surface area contributed by atoms with Gasteiger partial charge in [0.2, 0.25) is 5.78 Å². The number of rotatable bonds is 3. The van der Waals surface area contributed by atoms with Crippen LogP contribution in [0.25, 0.3) is 0 Å². The van der Waals surface area contributed by atoms with E-state index in [0.717, 1.165) is 5.57 Å². The number of ketones is 2. The van der Waals surface area contributed by atoms with Crippen molar-refractivity contribution in [1.82, 2.24) is 0 Å². The molecule has 0 bridgehead atoms. The lowest BCUT2D eigenvalue weighted by molar-refractivity contribution is -0.190. The number of esters is 1. The quantitative estimate of drug-likeness (QED) is 0.463. The monoisotopic (exact) mass is 418 g/mol. The van der Waals surface area contributed by atoms with Crippen molar-refractivity contribution in [2.75, 3.05) is 6.61 Å². The van der Waals surface area contributed by atoms with Crippen LogP contribution in [0.15, 0.2) is 23.8 Å². The third-order valence-corrected chi connectivity index (χ3v) is 8.51. The molecule has 7 heteroatoms. The Hall–Kier alpha value is -1.83. The van der Waals surface area contributed by atoms with Gasteiger partial charge in [-0.15, -0.1) is 0 Å². The summed E-state index contributed by atoms with van der Waals surface area (Å²) < 4.78 is 4.81. The largest absolute Gasteiger partial charge is 0.458 e. The van der Waals surface area contributed by atoms with Crippen LogP contribution in [-0.4, -0.2) is 57.3 Å². The summed E-state index contributed by atoms with van der Waals surface area (Å²) in [5.41, 5.74) is -2.60. The summed E-state index contributed by atoms with van der Waals surface area (Å²) in [6, 6.07) is 0. The first-order valence-electron chi connectivity index (χ1n) is 10.6. The molecule has 2 fully saturated rings. The predicted octanol–water partition coefficient (Wildman–Crippen LogP) is 1.10. The molecule has 4 rings (SSSR count). The van der Waals surface area contributed by atoms with Crippen molar-refractivity contribution in [3.63, 3.8) is 0 Å². The maximum absolute atomic E-state index is 12.9. The standard InChI is InChI=1S/C23H30O7/c1-12(24)30-11-19(28)23(29)18(27)9-16-15-5-4-13-8-14(25)6-7-21(13,2)20(15)17(26)10-22(16,23)3/h4,6-7,15-18,20,26-27,29H,5,8-11H2,1-3H3/t15?,16?,17-,18+,20?,21-,22-,23-/m0/s1. The predicted molar refractivity (Wildman–Crippen MR) is 106 cm³/mol. The van der Waals surface area contributed by atoms with Crippen molar-refractivity contribution in [3.05, 3.63) is 23.8 Å². The summed E-state index contributed by atoms with van der Waals surface area (Å²) in [6.07, 6.45) is 4.75. The summed E-state index contributed by atoms with van der Waals surface area (Å²) in [5.74, 6) is -1.75. The Bertz CT molecular complexity index is 860. The number of Topliss-reactive ketones (excluding diaryl/α,β-unsaturated/α-hetero) is 1. The van der Waals surface area contributed by atoms with E-state index in [9.17, 15) is 29.7 Å². The Morgan fingerprint density at radius 3 is 2.63 bits per heavy atom. The van der Waals surface area contributed by atoms with Crippen molar-refractivity contribution >= 4 is 17.5 Å². The molecule has 0 amide bonds. The second-order valence-electron chi connectivity index (χ2n) is 9.93. The third-order valence-electron chi connectivity index (χ3n) is 8.51. The molecule has 2 saturated carbocycles. The number of fused-ring (bicyclic) bond motifs is 5. The Morgan fingerprint density at radius 1 is 1.27 bits per heavy atom. The highest BCUT2D eigenvalue weighted by molar-refractivity contribution is 5.93. The zero-order valence-electron chi connectivity index (χ0n) is 17.6. The van der Waals surface area contributed by atoms with Gasteiger partial charge in [-0.2, -0.15) is 0 Å². The normalized spacial score (nSPS) is 47.1. The summed E-state index contributed by atoms with van der Waals surface area (Å²) >= 11 is 0. The SMILES string of the molecule is CC(=O)OCC(=O)[C@@]1(O)[C@H](O)CC2C3CC=C4CC(=O)C=C[C@]4(C)C3[C@@H](O)C[C@@]21C. The van der Waals surface area contributed by atoms with Gasteiger partial charge in [0.05, 0.1) is 12.2 Å². The maximum atomic E-state index is 12.9. The van der Waals surface area contributed by atoms with Crippen molar-refractivity contribution in [2.24, 2.45) is 28.6 Å². The molecule has 164 valence electrons. The van der Waals surface area contributed by atoms with Gasteiger partial charge in [0.15, 0.2) is 18.0 Å². The van der Waals surface area contributed by atoms with Crippen molar-refractivity contribution < 1.29 is 34.4 Å². The number of carbonyl (C=O) groups excluding carboxylic acids is 3. The molecular weight excluding hydrogens is 388 g/mol. The van der Waals surface area contributed by atoms with Crippen LogP contribution >= 0.6 is 0 Å². The van der Waals surface area contributed by atoms with Gasteiger partial charge in [0.1, 0.15) is 0 Å². The van der Waals surface area contributed by atoms with Gasteiger partial charge >= 0.3 is 5.97 Å². The van der Waals surface area contributed by atoms with Gasteiger partial charge in [-0.3, -0.25) is 14.4 Å². The lowest BCUT2D eigenvalue weighted by Crippen LogP contribution is -2.63. The second-order valence-corrected chi connectivity index (χ2v) is 9.93. The minimum Gasteiger partial charge on any atom is -0.458 e. The molecule has 0 aliphatic heterocycles. The molecule has 0 heterocycles. The highest BCUT2D eigenvalue weighted by atomic mass is 16.5. The molecule has 0 aromatic heterocycles. The number of allylic oxidation sites excluding steroid dienone is 4. The van der Waals surface area contributed by atoms with Crippen LogP contribution in [0.3, 0.4) is 0 Å². The van der Waals surface area contributed by atoms with Gasteiger partial charge in [0.25, 0.3) is 0 Å². The van der Waals surface area contributed by atoms with Crippen LogP contribution in [0.5, 0.6) is 0 Å². The molecule has 8 atom stereocenters. The van der Waals surface area contributed by atoms with E-state index < -0.39 is 47.0 Å². The first-order chi connectivity index (χ1) is 13.9. The maximum Gasteiger partial charge on any atom is 0.303 e. The van der Waals surface area contributed by atoms with Crippen molar-refractivity contribution in [3.8, 4) is 0 Å².